The highest BCUT2D eigenvalue weighted by atomic mass is 14.6. The SMILES string of the molecule is C=C[C@H]1C(=C)CC[C@H]2[C@H]1CC[C@@H]1C(C)(C)CCC[C@@]12C. The van der Waals surface area contributed by atoms with Crippen molar-refractivity contribution in [1.29, 1.82) is 0 Å². The minimum atomic E-state index is 0.552. The zero-order chi connectivity index (χ0) is 14.5. The second kappa shape index (κ2) is 4.75. The van der Waals surface area contributed by atoms with Crippen molar-refractivity contribution >= 4 is 0 Å². The Bertz CT molecular complexity index is 416. The van der Waals surface area contributed by atoms with E-state index in [4.69, 9.17) is 0 Å². The van der Waals surface area contributed by atoms with Gasteiger partial charge in [0.25, 0.3) is 0 Å². The molecule has 0 N–H and O–H groups in total. The smallest absolute Gasteiger partial charge is 0.000250 e. The van der Waals surface area contributed by atoms with Gasteiger partial charge in [0.15, 0.2) is 0 Å². The van der Waals surface area contributed by atoms with E-state index in [1.807, 2.05) is 0 Å². The average molecular weight is 272 g/mol. The first-order valence-corrected chi connectivity index (χ1v) is 8.70. The molecule has 5 atom stereocenters. The normalized spacial score (nSPS) is 47.2. The second-order valence-electron chi connectivity index (χ2n) is 8.71. The van der Waals surface area contributed by atoms with Crippen molar-refractivity contribution in [1.82, 2.24) is 0 Å². The Labute approximate surface area is 125 Å². The van der Waals surface area contributed by atoms with E-state index >= 15 is 0 Å². The number of hydrogen-bond acceptors (Lipinski definition) is 0. The second-order valence-corrected chi connectivity index (χ2v) is 8.71. The van der Waals surface area contributed by atoms with Crippen molar-refractivity contribution in [2.75, 3.05) is 0 Å². The summed E-state index contributed by atoms with van der Waals surface area (Å²) in [6, 6.07) is 0. The Morgan fingerprint density at radius 2 is 1.85 bits per heavy atom. The maximum atomic E-state index is 4.34. The molecule has 0 aromatic heterocycles. The zero-order valence-corrected chi connectivity index (χ0v) is 13.8. The van der Waals surface area contributed by atoms with Crippen LogP contribution < -0.4 is 0 Å². The van der Waals surface area contributed by atoms with Gasteiger partial charge in [-0.2, -0.15) is 0 Å². The topological polar surface area (TPSA) is 0 Å². The van der Waals surface area contributed by atoms with E-state index in [0.29, 0.717) is 16.7 Å². The molecule has 0 aromatic carbocycles. The summed E-state index contributed by atoms with van der Waals surface area (Å²) < 4.78 is 0. The molecule has 3 saturated carbocycles. The molecule has 112 valence electrons. The van der Waals surface area contributed by atoms with Crippen LogP contribution in [-0.2, 0) is 0 Å². The molecule has 0 aliphatic heterocycles. The molecule has 0 nitrogen and oxygen atoms in total. The molecule has 3 aliphatic carbocycles. The molecule has 3 fully saturated rings. The Morgan fingerprint density at radius 1 is 1.10 bits per heavy atom. The third kappa shape index (κ3) is 1.94. The van der Waals surface area contributed by atoms with Gasteiger partial charge < -0.3 is 0 Å². The summed E-state index contributed by atoms with van der Waals surface area (Å²) in [5.74, 6) is 3.27. The van der Waals surface area contributed by atoms with Gasteiger partial charge in [0.05, 0.1) is 0 Å². The van der Waals surface area contributed by atoms with E-state index < -0.39 is 0 Å². The quantitative estimate of drug-likeness (QED) is 0.514. The highest BCUT2D eigenvalue weighted by Gasteiger charge is 2.56. The fraction of sp³-hybridized carbons (Fsp3) is 0.800. The molecular formula is C20H32. The van der Waals surface area contributed by atoms with Crippen LogP contribution in [0.25, 0.3) is 0 Å². The van der Waals surface area contributed by atoms with E-state index in [-0.39, 0.29) is 0 Å². The lowest BCUT2D eigenvalue weighted by molar-refractivity contribution is -0.110. The number of hydrogen-bond donors (Lipinski definition) is 0. The predicted molar refractivity (Wildman–Crippen MR) is 87.5 cm³/mol. The maximum Gasteiger partial charge on any atom is 0.000250 e. The summed E-state index contributed by atoms with van der Waals surface area (Å²) in [6.07, 6.45) is 12.0. The van der Waals surface area contributed by atoms with E-state index in [9.17, 15) is 0 Å². The molecule has 0 unspecified atom stereocenters. The van der Waals surface area contributed by atoms with Crippen LogP contribution in [0.2, 0.25) is 0 Å². The Morgan fingerprint density at radius 3 is 2.55 bits per heavy atom. The summed E-state index contributed by atoms with van der Waals surface area (Å²) in [4.78, 5) is 0. The van der Waals surface area contributed by atoms with Gasteiger partial charge >= 0.3 is 0 Å². The Kier molecular flexibility index (Phi) is 3.42. The molecular weight excluding hydrogens is 240 g/mol. The summed E-state index contributed by atoms with van der Waals surface area (Å²) in [6.45, 7) is 16.2. The molecule has 0 heteroatoms. The van der Waals surface area contributed by atoms with Crippen molar-refractivity contribution in [2.45, 2.75) is 65.7 Å². The number of rotatable bonds is 1. The third-order valence-corrected chi connectivity index (χ3v) is 7.39. The first-order valence-electron chi connectivity index (χ1n) is 8.70. The monoisotopic (exact) mass is 272 g/mol. The van der Waals surface area contributed by atoms with E-state index in [0.717, 1.165) is 17.8 Å². The van der Waals surface area contributed by atoms with Gasteiger partial charge in [-0.25, -0.2) is 0 Å². The zero-order valence-electron chi connectivity index (χ0n) is 13.8. The molecule has 3 rings (SSSR count). The maximum absolute atomic E-state index is 4.34. The van der Waals surface area contributed by atoms with E-state index in [1.165, 1.54) is 50.5 Å². The van der Waals surface area contributed by atoms with Crippen molar-refractivity contribution in [3.05, 3.63) is 24.8 Å². The van der Waals surface area contributed by atoms with Gasteiger partial charge in [-0.3, -0.25) is 0 Å². The molecule has 0 bridgehead atoms. The molecule has 0 aromatic rings. The molecule has 0 spiro atoms. The van der Waals surface area contributed by atoms with E-state index in [1.54, 1.807) is 0 Å². The van der Waals surface area contributed by atoms with Crippen LogP contribution in [0.5, 0.6) is 0 Å². The Hall–Kier alpha value is -0.520. The van der Waals surface area contributed by atoms with Crippen molar-refractivity contribution in [3.63, 3.8) is 0 Å². The minimum Gasteiger partial charge on any atom is -0.102 e. The minimum absolute atomic E-state index is 0.552. The highest BCUT2D eigenvalue weighted by molar-refractivity contribution is 5.18. The van der Waals surface area contributed by atoms with Crippen LogP contribution in [0, 0.1) is 34.5 Å². The molecule has 0 amide bonds. The van der Waals surface area contributed by atoms with Gasteiger partial charge in [0.2, 0.25) is 0 Å². The van der Waals surface area contributed by atoms with Crippen LogP contribution in [0.3, 0.4) is 0 Å². The molecule has 0 radical (unpaired) electrons. The molecule has 0 heterocycles. The van der Waals surface area contributed by atoms with Crippen molar-refractivity contribution in [2.24, 2.45) is 34.5 Å². The largest absolute Gasteiger partial charge is 0.102 e. The summed E-state index contributed by atoms with van der Waals surface area (Å²) in [7, 11) is 0. The molecule has 0 saturated heterocycles. The van der Waals surface area contributed by atoms with Crippen LogP contribution in [-0.4, -0.2) is 0 Å². The first-order chi connectivity index (χ1) is 9.40. The van der Waals surface area contributed by atoms with Crippen LogP contribution in [0.1, 0.15) is 65.7 Å². The average Bonchev–Trinajstić information content (AvgIpc) is 2.37. The van der Waals surface area contributed by atoms with E-state index in [2.05, 4.69) is 40.0 Å². The van der Waals surface area contributed by atoms with Gasteiger partial charge in [0.1, 0.15) is 0 Å². The lowest BCUT2D eigenvalue weighted by atomic mass is 9.43. The summed E-state index contributed by atoms with van der Waals surface area (Å²) >= 11 is 0. The predicted octanol–water partition coefficient (Wildman–Crippen LogP) is 6.00. The van der Waals surface area contributed by atoms with Gasteiger partial charge in [-0.05, 0) is 67.1 Å². The summed E-state index contributed by atoms with van der Waals surface area (Å²) in [5.41, 5.74) is 2.58. The molecule has 20 heavy (non-hydrogen) atoms. The highest BCUT2D eigenvalue weighted by Crippen LogP contribution is 2.64. The third-order valence-electron chi connectivity index (χ3n) is 7.39. The molecule has 3 aliphatic rings. The van der Waals surface area contributed by atoms with Gasteiger partial charge in [0, 0.05) is 5.92 Å². The number of fused-ring (bicyclic) bond motifs is 3. The first kappa shape index (κ1) is 14.4. The lowest BCUT2D eigenvalue weighted by Gasteiger charge is -2.61. The Balaban J connectivity index is 1.94. The van der Waals surface area contributed by atoms with Crippen molar-refractivity contribution in [3.8, 4) is 0 Å². The lowest BCUT2D eigenvalue weighted by Crippen LogP contribution is -2.53. The number of allylic oxidation sites excluding steroid dienone is 2. The van der Waals surface area contributed by atoms with Crippen molar-refractivity contribution < 1.29 is 0 Å². The standard InChI is InChI=1S/C20H32/c1-6-15-14(2)8-10-17-16(15)9-11-18-19(3,4)12-7-13-20(17,18)5/h6,15-18H,1-2,7-13H2,3-5H3/t15-,16-,17-,18+,20+/m0/s1. The van der Waals surface area contributed by atoms with Crippen LogP contribution in [0.4, 0.5) is 0 Å². The van der Waals surface area contributed by atoms with Crippen LogP contribution >= 0.6 is 0 Å². The van der Waals surface area contributed by atoms with Crippen LogP contribution in [0.15, 0.2) is 24.8 Å². The fourth-order valence-electron chi connectivity index (χ4n) is 6.51. The summed E-state index contributed by atoms with van der Waals surface area (Å²) in [5, 5.41) is 0. The fourth-order valence-corrected chi connectivity index (χ4v) is 6.51. The van der Waals surface area contributed by atoms with Gasteiger partial charge in [-0.15, -0.1) is 6.58 Å². The van der Waals surface area contributed by atoms with Gasteiger partial charge in [-0.1, -0.05) is 45.4 Å².